The summed E-state index contributed by atoms with van der Waals surface area (Å²) in [6, 6.07) is 9.53. The number of amides is 1. The van der Waals surface area contributed by atoms with Crippen molar-refractivity contribution in [2.24, 2.45) is 0 Å². The maximum atomic E-state index is 12.8. The van der Waals surface area contributed by atoms with Crippen LogP contribution in [0.3, 0.4) is 0 Å². The monoisotopic (exact) mass is 434 g/mol. The summed E-state index contributed by atoms with van der Waals surface area (Å²) < 4.78 is 34.6. The molecule has 0 aliphatic heterocycles. The number of anilines is 1. The van der Waals surface area contributed by atoms with Gasteiger partial charge in [-0.2, -0.15) is 16.4 Å². The van der Waals surface area contributed by atoms with Crippen molar-refractivity contribution in [2.45, 2.75) is 24.8 Å². The summed E-state index contributed by atoms with van der Waals surface area (Å²) in [7, 11) is -2.49. The maximum Gasteiger partial charge on any atom is 0.411 e. The highest BCUT2D eigenvalue weighted by molar-refractivity contribution is 7.89. The molecule has 0 radical (unpaired) electrons. The first kappa shape index (κ1) is 21.0. The van der Waals surface area contributed by atoms with Crippen LogP contribution in [0.4, 0.5) is 10.5 Å². The molecule has 1 unspecified atom stereocenters. The molecule has 29 heavy (non-hydrogen) atoms. The first-order valence-corrected chi connectivity index (χ1v) is 11.2. The highest BCUT2D eigenvalue weighted by atomic mass is 32.2. The molecule has 8 nitrogen and oxygen atoms in total. The first-order chi connectivity index (χ1) is 13.8. The molecular weight excluding hydrogens is 412 g/mol. The summed E-state index contributed by atoms with van der Waals surface area (Å²) in [4.78, 5) is 11.3. The average Bonchev–Trinajstić information content (AvgIpc) is 3.32. The molecule has 0 saturated heterocycles. The van der Waals surface area contributed by atoms with Crippen LogP contribution in [0.15, 0.2) is 52.1 Å². The maximum absolute atomic E-state index is 12.8. The zero-order chi connectivity index (χ0) is 21.0. The van der Waals surface area contributed by atoms with E-state index in [1.165, 1.54) is 31.4 Å². The minimum atomic E-state index is -3.74. The Bertz CT molecular complexity index is 1070. The summed E-state index contributed by atoms with van der Waals surface area (Å²) in [6.45, 7) is 4.01. The number of rotatable bonds is 7. The van der Waals surface area contributed by atoms with Gasteiger partial charge in [-0.1, -0.05) is 0 Å². The van der Waals surface area contributed by atoms with Gasteiger partial charge in [0.2, 0.25) is 10.0 Å². The third-order valence-corrected chi connectivity index (χ3v) is 6.47. The van der Waals surface area contributed by atoms with Gasteiger partial charge in [0.1, 0.15) is 0 Å². The number of nitrogens with one attached hydrogen (secondary N) is 2. The molecule has 0 aliphatic rings. The Balaban J connectivity index is 1.78. The van der Waals surface area contributed by atoms with Gasteiger partial charge in [-0.25, -0.2) is 17.9 Å². The van der Waals surface area contributed by atoms with Crippen molar-refractivity contribution in [3.05, 3.63) is 64.1 Å². The van der Waals surface area contributed by atoms with E-state index in [9.17, 15) is 13.2 Å². The second-order valence-electron chi connectivity index (χ2n) is 6.44. The Kier molecular flexibility index (Phi) is 6.36. The van der Waals surface area contributed by atoms with Gasteiger partial charge >= 0.3 is 6.09 Å². The van der Waals surface area contributed by atoms with Gasteiger partial charge in [-0.3, -0.25) is 10.00 Å². The molecule has 10 heteroatoms. The van der Waals surface area contributed by atoms with Crippen LogP contribution in [-0.4, -0.2) is 37.9 Å². The molecule has 0 aliphatic carbocycles. The van der Waals surface area contributed by atoms with Crippen molar-refractivity contribution in [3.63, 3.8) is 0 Å². The van der Waals surface area contributed by atoms with E-state index in [1.807, 2.05) is 41.4 Å². The van der Waals surface area contributed by atoms with Crippen molar-refractivity contribution >= 4 is 33.1 Å². The standard InChI is InChI=1S/C19H22N4O4S2/c1-13-10-14(2)23(22-13)18(15-8-9-28-12-15)11-20-29(25,26)17-6-4-16(5-7-17)21-19(24)27-3/h4-10,12,18,20H,11H2,1-3H3,(H,21,24). The molecule has 1 amide bonds. The summed E-state index contributed by atoms with van der Waals surface area (Å²) in [6.07, 6.45) is -0.623. The second-order valence-corrected chi connectivity index (χ2v) is 8.98. The number of methoxy groups -OCH3 is 1. The van der Waals surface area contributed by atoms with E-state index in [0.29, 0.717) is 5.69 Å². The Morgan fingerprint density at radius 1 is 1.24 bits per heavy atom. The quantitative estimate of drug-likeness (QED) is 0.594. The van der Waals surface area contributed by atoms with E-state index in [-0.39, 0.29) is 17.5 Å². The van der Waals surface area contributed by atoms with Crippen molar-refractivity contribution < 1.29 is 17.9 Å². The van der Waals surface area contributed by atoms with Crippen LogP contribution in [0.5, 0.6) is 0 Å². The number of ether oxygens (including phenoxy) is 1. The Morgan fingerprint density at radius 3 is 2.52 bits per heavy atom. The molecule has 0 bridgehead atoms. The van der Waals surface area contributed by atoms with Crippen molar-refractivity contribution in [3.8, 4) is 0 Å². The van der Waals surface area contributed by atoms with E-state index >= 15 is 0 Å². The molecule has 2 N–H and O–H groups in total. The fraction of sp³-hybridized carbons (Fsp3) is 0.263. The van der Waals surface area contributed by atoms with E-state index in [0.717, 1.165) is 17.0 Å². The molecule has 0 saturated carbocycles. The molecule has 3 aromatic rings. The third-order valence-electron chi connectivity index (χ3n) is 4.33. The number of nitrogens with zero attached hydrogens (tertiary/aromatic N) is 2. The number of hydrogen-bond donors (Lipinski definition) is 2. The Labute approximate surface area is 173 Å². The predicted octanol–water partition coefficient (Wildman–Crippen LogP) is 3.31. The number of aryl methyl sites for hydroxylation is 2. The van der Waals surface area contributed by atoms with Crippen molar-refractivity contribution in [2.75, 3.05) is 19.0 Å². The van der Waals surface area contributed by atoms with Gasteiger partial charge in [0, 0.05) is 17.9 Å². The zero-order valence-corrected chi connectivity index (χ0v) is 17.9. The van der Waals surface area contributed by atoms with Gasteiger partial charge in [0.05, 0.1) is 23.7 Å². The minimum Gasteiger partial charge on any atom is -0.453 e. The molecule has 0 fully saturated rings. The molecule has 154 valence electrons. The number of carbonyl (C=O) groups is 1. The van der Waals surface area contributed by atoms with Gasteiger partial charge < -0.3 is 4.74 Å². The number of benzene rings is 1. The fourth-order valence-corrected chi connectivity index (χ4v) is 4.68. The molecule has 1 atom stereocenters. The molecule has 0 spiro atoms. The Morgan fingerprint density at radius 2 is 1.97 bits per heavy atom. The topological polar surface area (TPSA) is 102 Å². The summed E-state index contributed by atoms with van der Waals surface area (Å²) in [5, 5.41) is 10.9. The lowest BCUT2D eigenvalue weighted by atomic mass is 10.1. The summed E-state index contributed by atoms with van der Waals surface area (Å²) in [5.41, 5.74) is 3.26. The smallest absolute Gasteiger partial charge is 0.411 e. The van der Waals surface area contributed by atoms with Crippen molar-refractivity contribution in [1.82, 2.24) is 14.5 Å². The largest absolute Gasteiger partial charge is 0.453 e. The van der Waals surface area contributed by atoms with Crippen LogP contribution in [0.1, 0.15) is 23.0 Å². The van der Waals surface area contributed by atoms with Crippen molar-refractivity contribution in [1.29, 1.82) is 0 Å². The highest BCUT2D eigenvalue weighted by Gasteiger charge is 2.22. The lowest BCUT2D eigenvalue weighted by Crippen LogP contribution is -2.32. The number of sulfonamides is 1. The van der Waals surface area contributed by atoms with E-state index in [2.05, 4.69) is 19.9 Å². The van der Waals surface area contributed by atoms with Crippen LogP contribution < -0.4 is 10.0 Å². The zero-order valence-electron chi connectivity index (χ0n) is 16.2. The molecular formula is C19H22N4O4S2. The van der Waals surface area contributed by atoms with E-state index in [4.69, 9.17) is 0 Å². The molecule has 2 aromatic heterocycles. The minimum absolute atomic E-state index is 0.102. The SMILES string of the molecule is COC(=O)Nc1ccc(S(=O)(=O)NCC(c2ccsc2)n2nc(C)cc2C)cc1. The molecule has 1 aromatic carbocycles. The van der Waals surface area contributed by atoms with Crippen LogP contribution in [0.25, 0.3) is 0 Å². The van der Waals surface area contributed by atoms with Crippen LogP contribution in [0, 0.1) is 13.8 Å². The summed E-state index contributed by atoms with van der Waals surface area (Å²) in [5.74, 6) is 0. The van der Waals surface area contributed by atoms with Gasteiger partial charge in [-0.05, 0) is 66.6 Å². The number of hydrogen-bond acceptors (Lipinski definition) is 6. The van der Waals surface area contributed by atoms with Crippen LogP contribution in [-0.2, 0) is 14.8 Å². The average molecular weight is 435 g/mol. The fourth-order valence-electron chi connectivity index (χ4n) is 2.93. The van der Waals surface area contributed by atoms with Crippen LogP contribution >= 0.6 is 11.3 Å². The lowest BCUT2D eigenvalue weighted by Gasteiger charge is -2.19. The number of carbonyl (C=O) groups excluding carboxylic acids is 1. The highest BCUT2D eigenvalue weighted by Crippen LogP contribution is 2.23. The number of aromatic nitrogens is 2. The molecule has 3 rings (SSSR count). The normalized spacial score (nSPS) is 12.5. The predicted molar refractivity (Wildman–Crippen MR) is 112 cm³/mol. The summed E-state index contributed by atoms with van der Waals surface area (Å²) >= 11 is 1.55. The lowest BCUT2D eigenvalue weighted by molar-refractivity contribution is 0.187. The first-order valence-electron chi connectivity index (χ1n) is 8.79. The molecule has 2 heterocycles. The van der Waals surface area contributed by atoms with Crippen LogP contribution in [0.2, 0.25) is 0 Å². The van der Waals surface area contributed by atoms with Gasteiger partial charge in [0.25, 0.3) is 0 Å². The van der Waals surface area contributed by atoms with Gasteiger partial charge in [-0.15, -0.1) is 0 Å². The van der Waals surface area contributed by atoms with E-state index in [1.54, 1.807) is 11.3 Å². The van der Waals surface area contributed by atoms with Gasteiger partial charge in [0.15, 0.2) is 0 Å². The third kappa shape index (κ3) is 5.03. The second kappa shape index (κ2) is 8.76. The Hall–Kier alpha value is -2.69. The van der Waals surface area contributed by atoms with E-state index < -0.39 is 16.1 Å². The number of thiophene rings is 1.